The van der Waals surface area contributed by atoms with E-state index in [1.54, 1.807) is 12.1 Å². The largest absolute Gasteiger partial charge is 0.300 e. The van der Waals surface area contributed by atoms with Crippen LogP contribution in [0.3, 0.4) is 0 Å². The normalized spacial score (nSPS) is 20.5. The lowest BCUT2D eigenvalue weighted by molar-refractivity contribution is -0.384. The van der Waals surface area contributed by atoms with E-state index in [1.807, 2.05) is 0 Å². The molecule has 1 saturated carbocycles. The van der Waals surface area contributed by atoms with Crippen LogP contribution in [0, 0.1) is 10.1 Å². The topological polar surface area (TPSA) is 60.2 Å². The number of non-ortho nitro benzene ring substituents is 1. The Hall–Kier alpha value is -1.71. The molecular weight excluding hydrogens is 194 g/mol. The molecule has 2 rings (SSSR count). The van der Waals surface area contributed by atoms with Crippen molar-refractivity contribution in [3.63, 3.8) is 0 Å². The minimum absolute atomic E-state index is 0.100. The standard InChI is InChI=1S/C11H11NO3/c13-11-6-3-9(7-11)8-1-4-10(5-2-8)12(14)15/h1-2,4-5,9H,3,6-7H2/t9-/m1/s1. The SMILES string of the molecule is O=C1CC[C@@H](c2ccc([N+](=O)[O-])cc2)C1. The number of ketones is 1. The molecule has 15 heavy (non-hydrogen) atoms. The molecule has 0 unspecified atom stereocenters. The first-order chi connectivity index (χ1) is 7.16. The molecule has 0 saturated heterocycles. The maximum Gasteiger partial charge on any atom is 0.269 e. The molecule has 1 atom stereocenters. The maximum absolute atomic E-state index is 11.1. The van der Waals surface area contributed by atoms with E-state index in [1.165, 1.54) is 12.1 Å². The summed E-state index contributed by atoms with van der Waals surface area (Å²) in [5.74, 6) is 0.552. The van der Waals surface area contributed by atoms with Crippen LogP contribution in [-0.4, -0.2) is 10.7 Å². The van der Waals surface area contributed by atoms with Gasteiger partial charge in [-0.15, -0.1) is 0 Å². The molecule has 0 spiro atoms. The number of carbonyl (C=O) groups excluding carboxylic acids is 1. The minimum atomic E-state index is -0.413. The van der Waals surface area contributed by atoms with Gasteiger partial charge < -0.3 is 0 Å². The van der Waals surface area contributed by atoms with E-state index in [0.717, 1.165) is 12.0 Å². The lowest BCUT2D eigenvalue weighted by atomic mass is 9.98. The average molecular weight is 205 g/mol. The fourth-order valence-corrected chi connectivity index (χ4v) is 1.97. The van der Waals surface area contributed by atoms with Crippen molar-refractivity contribution >= 4 is 11.5 Å². The number of nitro benzene ring substituents is 1. The van der Waals surface area contributed by atoms with Crippen molar-refractivity contribution in [3.05, 3.63) is 39.9 Å². The summed E-state index contributed by atoms with van der Waals surface area (Å²) < 4.78 is 0. The molecule has 0 aromatic heterocycles. The Labute approximate surface area is 87.1 Å². The van der Waals surface area contributed by atoms with Crippen molar-refractivity contribution in [2.75, 3.05) is 0 Å². The first kappa shape index (κ1) is 9.83. The van der Waals surface area contributed by atoms with Crippen LogP contribution in [0.15, 0.2) is 24.3 Å². The number of carbonyl (C=O) groups is 1. The Bertz CT molecular complexity index is 397. The van der Waals surface area contributed by atoms with Crippen LogP contribution in [0.4, 0.5) is 5.69 Å². The average Bonchev–Trinajstić information content (AvgIpc) is 2.65. The second kappa shape index (κ2) is 3.81. The van der Waals surface area contributed by atoms with E-state index in [2.05, 4.69) is 0 Å². The number of hydrogen-bond donors (Lipinski definition) is 0. The van der Waals surface area contributed by atoms with Crippen LogP contribution in [0.25, 0.3) is 0 Å². The monoisotopic (exact) mass is 205 g/mol. The van der Waals surface area contributed by atoms with E-state index in [-0.39, 0.29) is 11.6 Å². The first-order valence-electron chi connectivity index (χ1n) is 4.93. The number of rotatable bonds is 2. The van der Waals surface area contributed by atoms with E-state index < -0.39 is 4.92 Å². The van der Waals surface area contributed by atoms with Gasteiger partial charge in [-0.2, -0.15) is 0 Å². The Balaban J connectivity index is 2.17. The Morgan fingerprint density at radius 1 is 1.27 bits per heavy atom. The summed E-state index contributed by atoms with van der Waals surface area (Å²) >= 11 is 0. The van der Waals surface area contributed by atoms with Gasteiger partial charge in [0.2, 0.25) is 0 Å². The minimum Gasteiger partial charge on any atom is -0.300 e. The number of benzene rings is 1. The molecular formula is C11H11NO3. The summed E-state index contributed by atoms with van der Waals surface area (Å²) in [5.41, 5.74) is 1.13. The van der Waals surface area contributed by atoms with Gasteiger partial charge in [0.25, 0.3) is 5.69 Å². The molecule has 4 heteroatoms. The summed E-state index contributed by atoms with van der Waals surface area (Å²) in [4.78, 5) is 21.1. The molecule has 4 nitrogen and oxygen atoms in total. The van der Waals surface area contributed by atoms with Crippen molar-refractivity contribution in [3.8, 4) is 0 Å². The molecule has 0 heterocycles. The lowest BCUT2D eigenvalue weighted by Crippen LogP contribution is -1.95. The van der Waals surface area contributed by atoms with Gasteiger partial charge in [0.1, 0.15) is 5.78 Å². The summed E-state index contributed by atoms with van der Waals surface area (Å²) in [6.07, 6.45) is 2.09. The van der Waals surface area contributed by atoms with Crippen molar-refractivity contribution in [2.45, 2.75) is 25.2 Å². The van der Waals surface area contributed by atoms with E-state index in [0.29, 0.717) is 18.6 Å². The number of hydrogen-bond acceptors (Lipinski definition) is 3. The molecule has 0 aliphatic heterocycles. The van der Waals surface area contributed by atoms with Crippen LogP contribution >= 0.6 is 0 Å². The van der Waals surface area contributed by atoms with Gasteiger partial charge in [0, 0.05) is 25.0 Å². The van der Waals surface area contributed by atoms with Gasteiger partial charge in [-0.1, -0.05) is 12.1 Å². The van der Waals surface area contributed by atoms with Gasteiger partial charge in [0.05, 0.1) is 4.92 Å². The third-order valence-electron chi connectivity index (χ3n) is 2.82. The summed E-state index contributed by atoms with van der Waals surface area (Å²) in [7, 11) is 0. The van der Waals surface area contributed by atoms with E-state index in [4.69, 9.17) is 0 Å². The van der Waals surface area contributed by atoms with Gasteiger partial charge >= 0.3 is 0 Å². The second-order valence-corrected chi connectivity index (χ2v) is 3.83. The molecule has 1 aromatic carbocycles. The molecule has 0 radical (unpaired) electrons. The summed E-state index contributed by atoms with van der Waals surface area (Å²) in [6, 6.07) is 6.50. The number of nitrogens with zero attached hydrogens (tertiary/aromatic N) is 1. The van der Waals surface area contributed by atoms with Gasteiger partial charge in [-0.05, 0) is 17.9 Å². The quantitative estimate of drug-likeness (QED) is 0.550. The smallest absolute Gasteiger partial charge is 0.269 e. The zero-order valence-corrected chi connectivity index (χ0v) is 8.18. The fourth-order valence-electron chi connectivity index (χ4n) is 1.97. The fraction of sp³-hybridized carbons (Fsp3) is 0.364. The van der Waals surface area contributed by atoms with Crippen molar-refractivity contribution < 1.29 is 9.72 Å². The van der Waals surface area contributed by atoms with Crippen LogP contribution in [0.2, 0.25) is 0 Å². The van der Waals surface area contributed by atoms with Gasteiger partial charge in [-0.3, -0.25) is 14.9 Å². The third-order valence-corrected chi connectivity index (χ3v) is 2.82. The molecule has 0 N–H and O–H groups in total. The molecule has 0 bridgehead atoms. The van der Waals surface area contributed by atoms with Crippen molar-refractivity contribution in [2.24, 2.45) is 0 Å². The Morgan fingerprint density at radius 3 is 2.40 bits per heavy atom. The summed E-state index contributed by atoms with van der Waals surface area (Å²) in [6.45, 7) is 0. The highest BCUT2D eigenvalue weighted by Crippen LogP contribution is 2.32. The van der Waals surface area contributed by atoms with E-state index >= 15 is 0 Å². The van der Waals surface area contributed by atoms with Gasteiger partial charge in [-0.25, -0.2) is 0 Å². The van der Waals surface area contributed by atoms with E-state index in [9.17, 15) is 14.9 Å². The third kappa shape index (κ3) is 2.03. The van der Waals surface area contributed by atoms with Crippen molar-refractivity contribution in [1.29, 1.82) is 0 Å². The maximum atomic E-state index is 11.1. The molecule has 1 aliphatic rings. The Morgan fingerprint density at radius 2 is 1.93 bits per heavy atom. The predicted octanol–water partition coefficient (Wildman–Crippen LogP) is 2.43. The molecule has 1 aliphatic carbocycles. The van der Waals surface area contributed by atoms with Crippen LogP contribution in [-0.2, 0) is 4.79 Å². The highest BCUT2D eigenvalue weighted by molar-refractivity contribution is 5.81. The highest BCUT2D eigenvalue weighted by atomic mass is 16.6. The summed E-state index contributed by atoms with van der Waals surface area (Å²) in [5, 5.41) is 10.4. The van der Waals surface area contributed by atoms with Gasteiger partial charge in [0.15, 0.2) is 0 Å². The number of Topliss-reactive ketones (excluding diaryl/α,β-unsaturated/α-hetero) is 1. The van der Waals surface area contributed by atoms with Crippen LogP contribution in [0.1, 0.15) is 30.7 Å². The Kier molecular flexibility index (Phi) is 2.49. The predicted molar refractivity (Wildman–Crippen MR) is 54.7 cm³/mol. The van der Waals surface area contributed by atoms with Crippen LogP contribution < -0.4 is 0 Å². The number of nitro groups is 1. The molecule has 1 fully saturated rings. The van der Waals surface area contributed by atoms with Crippen LogP contribution in [0.5, 0.6) is 0 Å². The second-order valence-electron chi connectivity index (χ2n) is 3.83. The molecule has 1 aromatic rings. The molecule has 78 valence electrons. The highest BCUT2D eigenvalue weighted by Gasteiger charge is 2.23. The first-order valence-corrected chi connectivity index (χ1v) is 4.93. The molecule has 0 amide bonds. The zero-order valence-electron chi connectivity index (χ0n) is 8.18. The zero-order chi connectivity index (χ0) is 10.8. The van der Waals surface area contributed by atoms with Crippen molar-refractivity contribution in [1.82, 2.24) is 0 Å². The lowest BCUT2D eigenvalue weighted by Gasteiger charge is -2.07.